The molecule has 4 rings (SSSR count). The van der Waals surface area contributed by atoms with Crippen molar-refractivity contribution in [2.45, 2.75) is 48.1 Å². The van der Waals surface area contributed by atoms with E-state index in [0.29, 0.717) is 13.2 Å². The third-order valence-electron chi connectivity index (χ3n) is 4.87. The quantitative estimate of drug-likeness (QED) is 0.794. The smallest absolute Gasteiger partial charge is 0.217 e. The topological polar surface area (TPSA) is 36.9 Å². The summed E-state index contributed by atoms with van der Waals surface area (Å²) < 4.78 is 24.9. The zero-order valence-electron chi connectivity index (χ0n) is 13.9. The molecule has 4 atom stereocenters. The summed E-state index contributed by atoms with van der Waals surface area (Å²) in [5.41, 5.74) is 1.18. The predicted octanol–water partition coefficient (Wildman–Crippen LogP) is 3.30. The van der Waals surface area contributed by atoms with Gasteiger partial charge in [-0.3, -0.25) is 0 Å². The third kappa shape index (κ3) is 3.24. The molecule has 0 aliphatic carbocycles. The second-order valence-electron chi connectivity index (χ2n) is 6.41. The minimum Gasteiger partial charge on any atom is -0.376 e. The molecule has 0 saturated carbocycles. The molecule has 0 N–H and O–H groups in total. The lowest BCUT2D eigenvalue weighted by Crippen LogP contribution is -2.58. The molecular formula is C18H24O4S2. The number of fused-ring (bicyclic) bond motifs is 2. The van der Waals surface area contributed by atoms with E-state index in [9.17, 15) is 0 Å². The minimum absolute atomic E-state index is 0.00300. The van der Waals surface area contributed by atoms with Crippen molar-refractivity contribution < 1.29 is 18.9 Å². The lowest BCUT2D eigenvalue weighted by molar-refractivity contribution is -0.265. The van der Waals surface area contributed by atoms with Crippen molar-refractivity contribution in [1.29, 1.82) is 0 Å². The number of benzene rings is 1. The molecule has 0 radical (unpaired) electrons. The van der Waals surface area contributed by atoms with Crippen LogP contribution in [0.4, 0.5) is 0 Å². The van der Waals surface area contributed by atoms with Crippen LogP contribution in [0.3, 0.4) is 0 Å². The van der Waals surface area contributed by atoms with Crippen LogP contribution in [0.15, 0.2) is 30.3 Å². The Labute approximate surface area is 151 Å². The van der Waals surface area contributed by atoms with Crippen LogP contribution in [-0.4, -0.2) is 53.9 Å². The normalized spacial score (nSPS) is 36.8. The second-order valence-corrected chi connectivity index (χ2v) is 9.14. The Hall–Kier alpha value is -0.240. The molecule has 6 heteroatoms. The molecule has 1 aromatic carbocycles. The van der Waals surface area contributed by atoms with Gasteiger partial charge in [-0.05, 0) is 23.5 Å². The maximum atomic E-state index is 6.42. The first-order valence-electron chi connectivity index (χ1n) is 8.55. The SMILES string of the molecule is CO[C@@H]1C[C@H](OCc2ccccc2)[C@H]2COC1(C1SCCCS1)O2. The van der Waals surface area contributed by atoms with Gasteiger partial charge in [0.15, 0.2) is 0 Å². The molecule has 3 aliphatic heterocycles. The van der Waals surface area contributed by atoms with E-state index in [2.05, 4.69) is 12.1 Å². The standard InChI is InChI=1S/C18H24O4S2/c1-19-16-10-14(20-11-13-6-3-2-4-7-13)15-12-21-18(16,22-15)17-23-8-5-9-24-17/h2-4,6-7,14-17H,5,8-12H2,1H3/t14-,15+,16+,18?/m0/s1. The molecule has 4 nitrogen and oxygen atoms in total. The van der Waals surface area contributed by atoms with Crippen molar-refractivity contribution in [2.75, 3.05) is 25.2 Å². The molecule has 3 saturated heterocycles. The summed E-state index contributed by atoms with van der Waals surface area (Å²) in [6.07, 6.45) is 2.02. The van der Waals surface area contributed by atoms with E-state index in [-0.39, 0.29) is 22.9 Å². The van der Waals surface area contributed by atoms with Gasteiger partial charge in [0.05, 0.1) is 19.3 Å². The zero-order valence-corrected chi connectivity index (χ0v) is 15.5. The van der Waals surface area contributed by atoms with Gasteiger partial charge in [-0.1, -0.05) is 30.3 Å². The van der Waals surface area contributed by atoms with E-state index in [4.69, 9.17) is 18.9 Å². The molecule has 1 aromatic rings. The summed E-state index contributed by atoms with van der Waals surface area (Å²) in [5.74, 6) is 1.73. The zero-order chi connectivity index (χ0) is 16.4. The third-order valence-corrected chi connectivity index (χ3v) is 7.99. The molecular weight excluding hydrogens is 344 g/mol. The van der Waals surface area contributed by atoms with E-state index in [1.54, 1.807) is 7.11 Å². The Balaban J connectivity index is 1.44. The largest absolute Gasteiger partial charge is 0.376 e. The first-order chi connectivity index (χ1) is 11.8. The summed E-state index contributed by atoms with van der Waals surface area (Å²) >= 11 is 3.89. The highest BCUT2D eigenvalue weighted by Crippen LogP contribution is 2.50. The Morgan fingerprint density at radius 3 is 2.75 bits per heavy atom. The molecule has 1 unspecified atom stereocenters. The molecule has 3 aliphatic rings. The maximum Gasteiger partial charge on any atom is 0.217 e. The number of hydrogen-bond donors (Lipinski definition) is 0. The summed E-state index contributed by atoms with van der Waals surface area (Å²) in [7, 11) is 1.75. The van der Waals surface area contributed by atoms with Gasteiger partial charge >= 0.3 is 0 Å². The van der Waals surface area contributed by atoms with Crippen molar-refractivity contribution in [1.82, 2.24) is 0 Å². The number of hydrogen-bond acceptors (Lipinski definition) is 6. The highest BCUT2D eigenvalue weighted by molar-refractivity contribution is 8.17. The fourth-order valence-electron chi connectivity index (χ4n) is 3.60. The average Bonchev–Trinajstić information content (AvgIpc) is 3.04. The van der Waals surface area contributed by atoms with Gasteiger partial charge in [-0.25, -0.2) is 0 Å². The average molecular weight is 369 g/mol. The minimum atomic E-state index is -0.609. The van der Waals surface area contributed by atoms with Crippen LogP contribution in [0.1, 0.15) is 18.4 Å². The van der Waals surface area contributed by atoms with Crippen LogP contribution < -0.4 is 0 Å². The highest BCUT2D eigenvalue weighted by Gasteiger charge is 2.60. The van der Waals surface area contributed by atoms with Crippen molar-refractivity contribution >= 4 is 23.5 Å². The Kier molecular flexibility index (Phi) is 5.41. The molecule has 0 spiro atoms. The van der Waals surface area contributed by atoms with Gasteiger partial charge in [0.2, 0.25) is 5.79 Å². The number of rotatable bonds is 5. The first-order valence-corrected chi connectivity index (χ1v) is 10.6. The fourth-order valence-corrected chi connectivity index (χ4v) is 6.82. The molecule has 3 heterocycles. The molecule has 2 bridgehead atoms. The van der Waals surface area contributed by atoms with E-state index >= 15 is 0 Å². The van der Waals surface area contributed by atoms with Crippen molar-refractivity contribution in [2.24, 2.45) is 0 Å². The molecule has 0 amide bonds. The highest BCUT2D eigenvalue weighted by atomic mass is 32.2. The molecule has 0 aromatic heterocycles. The number of ether oxygens (including phenoxy) is 4. The first kappa shape index (κ1) is 17.2. The summed E-state index contributed by atoms with van der Waals surface area (Å²) in [6, 6.07) is 10.3. The Bertz CT molecular complexity index is 537. The fraction of sp³-hybridized carbons (Fsp3) is 0.667. The van der Waals surface area contributed by atoms with Crippen LogP contribution in [0.5, 0.6) is 0 Å². The second kappa shape index (κ2) is 7.56. The lowest BCUT2D eigenvalue weighted by atomic mass is 9.98. The van der Waals surface area contributed by atoms with E-state index in [1.807, 2.05) is 41.7 Å². The van der Waals surface area contributed by atoms with Crippen LogP contribution >= 0.6 is 23.5 Å². The monoisotopic (exact) mass is 368 g/mol. The summed E-state index contributed by atoms with van der Waals surface area (Å²) in [4.78, 5) is 0. The van der Waals surface area contributed by atoms with Gasteiger partial charge in [-0.2, -0.15) is 0 Å². The van der Waals surface area contributed by atoms with Crippen LogP contribution in [0, 0.1) is 0 Å². The molecule has 3 fully saturated rings. The van der Waals surface area contributed by atoms with Crippen molar-refractivity contribution in [3.8, 4) is 0 Å². The van der Waals surface area contributed by atoms with E-state index in [0.717, 1.165) is 6.42 Å². The Morgan fingerprint density at radius 1 is 1.21 bits per heavy atom. The summed E-state index contributed by atoms with van der Waals surface area (Å²) in [6.45, 7) is 1.19. The molecule has 132 valence electrons. The Morgan fingerprint density at radius 2 is 2.00 bits per heavy atom. The summed E-state index contributed by atoms with van der Waals surface area (Å²) in [5, 5.41) is 0. The lowest BCUT2D eigenvalue weighted by Gasteiger charge is -2.45. The van der Waals surface area contributed by atoms with Crippen LogP contribution in [0.25, 0.3) is 0 Å². The van der Waals surface area contributed by atoms with Crippen LogP contribution in [0.2, 0.25) is 0 Å². The van der Waals surface area contributed by atoms with Crippen molar-refractivity contribution in [3.63, 3.8) is 0 Å². The van der Waals surface area contributed by atoms with Crippen LogP contribution in [-0.2, 0) is 25.6 Å². The number of methoxy groups -OCH3 is 1. The van der Waals surface area contributed by atoms with Gasteiger partial charge in [-0.15, -0.1) is 23.5 Å². The maximum absolute atomic E-state index is 6.42. The van der Waals surface area contributed by atoms with Gasteiger partial charge in [0, 0.05) is 13.5 Å². The van der Waals surface area contributed by atoms with Gasteiger partial charge in [0.1, 0.15) is 16.8 Å². The predicted molar refractivity (Wildman–Crippen MR) is 97.3 cm³/mol. The van der Waals surface area contributed by atoms with E-state index < -0.39 is 5.79 Å². The van der Waals surface area contributed by atoms with E-state index in [1.165, 1.54) is 23.5 Å². The van der Waals surface area contributed by atoms with Gasteiger partial charge in [0.25, 0.3) is 0 Å². The molecule has 24 heavy (non-hydrogen) atoms. The van der Waals surface area contributed by atoms with Gasteiger partial charge < -0.3 is 18.9 Å². The van der Waals surface area contributed by atoms with Crippen molar-refractivity contribution in [3.05, 3.63) is 35.9 Å². The number of thioether (sulfide) groups is 2.